The summed E-state index contributed by atoms with van der Waals surface area (Å²) in [7, 11) is 0. The minimum Gasteiger partial charge on any atom is -0.545 e. The number of nitro groups is 1. The largest absolute Gasteiger partial charge is 2.00 e. The van der Waals surface area contributed by atoms with E-state index < -0.39 is 33.7 Å². The molecule has 0 aliphatic rings. The summed E-state index contributed by atoms with van der Waals surface area (Å²) in [5, 5.41) is 31.4. The number of hydrogen-bond donors (Lipinski definition) is 0. The first-order valence-electron chi connectivity index (χ1n) is 3.65. The van der Waals surface area contributed by atoms with Crippen LogP contribution in [0.2, 0.25) is 0 Å². The third kappa shape index (κ3) is 3.06. The van der Waals surface area contributed by atoms with Crippen LogP contribution in [0.4, 0.5) is 5.69 Å². The van der Waals surface area contributed by atoms with Crippen molar-refractivity contribution in [1.29, 1.82) is 0 Å². The summed E-state index contributed by atoms with van der Waals surface area (Å²) >= 11 is 0. The van der Waals surface area contributed by atoms with E-state index in [1.165, 1.54) is 0 Å². The van der Waals surface area contributed by atoms with Crippen LogP contribution in [0.15, 0.2) is 18.2 Å². The Morgan fingerprint density at radius 2 is 1.69 bits per heavy atom. The Kier molecular flexibility index (Phi) is 5.69. The molecule has 0 spiro atoms. The van der Waals surface area contributed by atoms with E-state index in [-0.39, 0.29) is 48.9 Å². The molecule has 0 aromatic heterocycles. The number of benzene rings is 1. The molecule has 0 saturated carbocycles. The van der Waals surface area contributed by atoms with Gasteiger partial charge in [0.15, 0.2) is 0 Å². The molecular weight excluding hydrogens is 343 g/mol. The maximum absolute atomic E-state index is 10.5. The zero-order valence-electron chi connectivity index (χ0n) is 7.84. The molecule has 16 heavy (non-hydrogen) atoms. The quantitative estimate of drug-likeness (QED) is 0.352. The summed E-state index contributed by atoms with van der Waals surface area (Å²) in [6.45, 7) is 0. The molecule has 0 radical (unpaired) electrons. The van der Waals surface area contributed by atoms with Crippen molar-refractivity contribution < 1.29 is 24.7 Å². The Balaban J connectivity index is 0.00000225. The van der Waals surface area contributed by atoms with E-state index in [0.29, 0.717) is 0 Å². The predicted molar refractivity (Wildman–Crippen MR) is 47.5 cm³/mol. The Hall–Kier alpha value is -0.869. The number of carboxylic acids is 2. The Labute approximate surface area is 129 Å². The number of carboxylic acid groups (broad SMARTS) is 2. The van der Waals surface area contributed by atoms with E-state index in [1.807, 2.05) is 0 Å². The topological polar surface area (TPSA) is 123 Å². The Morgan fingerprint density at radius 1 is 1.12 bits per heavy atom. The molecule has 0 aliphatic heterocycles. The van der Waals surface area contributed by atoms with Crippen LogP contribution in [0, 0.1) is 10.1 Å². The van der Waals surface area contributed by atoms with Crippen LogP contribution < -0.4 is 10.2 Å². The van der Waals surface area contributed by atoms with E-state index in [9.17, 15) is 29.9 Å². The van der Waals surface area contributed by atoms with Crippen LogP contribution in [0.25, 0.3) is 0 Å². The number of hydrogen-bond acceptors (Lipinski definition) is 6. The molecule has 0 N–H and O–H groups in total. The molecule has 0 heterocycles. The number of carbonyl (C=O) groups is 2. The summed E-state index contributed by atoms with van der Waals surface area (Å²) in [4.78, 5) is 30.4. The number of carbonyl (C=O) groups excluding carboxylic acids is 2. The smallest absolute Gasteiger partial charge is 0.545 e. The monoisotopic (exact) mass is 347 g/mol. The van der Waals surface area contributed by atoms with Gasteiger partial charge in [-0.25, -0.2) is 0 Å². The predicted octanol–water partition coefficient (Wildman–Crippen LogP) is -2.06. The molecule has 0 bridgehead atoms. The molecule has 0 fully saturated rings. The average molecular weight is 346 g/mol. The molecule has 78 valence electrons. The molecule has 1 aromatic carbocycles. The first kappa shape index (κ1) is 15.1. The molecule has 0 amide bonds. The fourth-order valence-electron chi connectivity index (χ4n) is 1.08. The molecule has 1 rings (SSSR count). The van der Waals surface area contributed by atoms with E-state index in [2.05, 4.69) is 0 Å². The van der Waals surface area contributed by atoms with Gasteiger partial charge in [-0.2, -0.15) is 0 Å². The SMILES string of the molecule is O=C([O-])c1cccc([N+](=O)[O-])c1C(=O)[O-].[Ba+2]. The number of aromatic carboxylic acids is 2. The van der Waals surface area contributed by atoms with Gasteiger partial charge in [0.2, 0.25) is 0 Å². The molecule has 0 unspecified atom stereocenters. The van der Waals surface area contributed by atoms with Gasteiger partial charge in [-0.15, -0.1) is 0 Å². The molecule has 0 atom stereocenters. The van der Waals surface area contributed by atoms with Gasteiger partial charge in [-0.05, 0) is 0 Å². The molecule has 1 aromatic rings. The van der Waals surface area contributed by atoms with Crippen molar-refractivity contribution in [3.8, 4) is 0 Å². The molecule has 0 saturated heterocycles. The third-order valence-corrected chi connectivity index (χ3v) is 1.66. The molecule has 0 aliphatic carbocycles. The standard InChI is InChI=1S/C8H5NO6.Ba/c10-7(11)4-2-1-3-5(9(14)15)6(4)8(12)13;/h1-3H,(H,10,11)(H,12,13);/q;+2/p-2. The zero-order valence-corrected chi connectivity index (χ0v) is 12.3. The summed E-state index contributed by atoms with van der Waals surface area (Å²) in [6, 6.07) is 2.82. The summed E-state index contributed by atoms with van der Waals surface area (Å²) in [6.07, 6.45) is 0. The second-order valence-corrected chi connectivity index (χ2v) is 2.53. The van der Waals surface area contributed by atoms with Gasteiger partial charge in [0.1, 0.15) is 0 Å². The van der Waals surface area contributed by atoms with Crippen LogP contribution >= 0.6 is 0 Å². The number of nitrogens with zero attached hydrogens (tertiary/aromatic N) is 1. The Bertz CT molecular complexity index is 426. The Morgan fingerprint density at radius 3 is 2.06 bits per heavy atom. The second-order valence-electron chi connectivity index (χ2n) is 2.53. The number of nitro benzene ring substituents is 1. The van der Waals surface area contributed by atoms with Gasteiger partial charge in [-0.3, -0.25) is 10.1 Å². The minimum absolute atomic E-state index is 0. The van der Waals surface area contributed by atoms with Gasteiger partial charge in [0.25, 0.3) is 5.69 Å². The van der Waals surface area contributed by atoms with Crippen molar-refractivity contribution in [3.05, 3.63) is 39.4 Å². The fourth-order valence-corrected chi connectivity index (χ4v) is 1.08. The summed E-state index contributed by atoms with van der Waals surface area (Å²) in [5.74, 6) is -3.74. The van der Waals surface area contributed by atoms with Gasteiger partial charge in [0.05, 0.1) is 22.4 Å². The first-order chi connectivity index (χ1) is 6.95. The van der Waals surface area contributed by atoms with Gasteiger partial charge in [0, 0.05) is 11.6 Å². The van der Waals surface area contributed by atoms with Crippen LogP contribution in [0.1, 0.15) is 20.7 Å². The van der Waals surface area contributed by atoms with Crippen LogP contribution in [-0.2, 0) is 0 Å². The van der Waals surface area contributed by atoms with Crippen molar-refractivity contribution in [1.82, 2.24) is 0 Å². The zero-order chi connectivity index (χ0) is 11.6. The van der Waals surface area contributed by atoms with Crippen molar-refractivity contribution in [2.75, 3.05) is 0 Å². The van der Waals surface area contributed by atoms with Crippen LogP contribution in [0.3, 0.4) is 0 Å². The molecule has 8 heteroatoms. The maximum atomic E-state index is 10.5. The normalized spacial score (nSPS) is 9.00. The average Bonchev–Trinajstić information content (AvgIpc) is 2.16. The summed E-state index contributed by atoms with van der Waals surface area (Å²) in [5.41, 5.74) is -2.59. The second kappa shape index (κ2) is 6.01. The van der Waals surface area contributed by atoms with Crippen molar-refractivity contribution in [3.63, 3.8) is 0 Å². The van der Waals surface area contributed by atoms with Crippen molar-refractivity contribution in [2.45, 2.75) is 0 Å². The van der Waals surface area contributed by atoms with E-state index in [0.717, 1.165) is 18.2 Å². The van der Waals surface area contributed by atoms with Gasteiger partial charge < -0.3 is 19.8 Å². The minimum atomic E-state index is -1.93. The van der Waals surface area contributed by atoms with E-state index in [1.54, 1.807) is 0 Å². The van der Waals surface area contributed by atoms with Crippen LogP contribution in [0.5, 0.6) is 0 Å². The van der Waals surface area contributed by atoms with Crippen molar-refractivity contribution >= 4 is 66.5 Å². The molecule has 7 nitrogen and oxygen atoms in total. The first-order valence-corrected chi connectivity index (χ1v) is 3.65. The molecular formula is C8H3BaNO6. The summed E-state index contributed by atoms with van der Waals surface area (Å²) < 4.78 is 0. The fraction of sp³-hybridized carbons (Fsp3) is 0. The maximum Gasteiger partial charge on any atom is 2.00 e. The van der Waals surface area contributed by atoms with Gasteiger partial charge >= 0.3 is 48.9 Å². The number of rotatable bonds is 3. The van der Waals surface area contributed by atoms with E-state index in [4.69, 9.17) is 0 Å². The van der Waals surface area contributed by atoms with Gasteiger partial charge in [-0.1, -0.05) is 12.1 Å². The van der Waals surface area contributed by atoms with Crippen LogP contribution in [-0.4, -0.2) is 65.7 Å². The third-order valence-electron chi connectivity index (χ3n) is 1.66. The van der Waals surface area contributed by atoms with E-state index >= 15 is 0 Å². The van der Waals surface area contributed by atoms with Crippen molar-refractivity contribution in [2.24, 2.45) is 0 Å².